The molecule has 0 amide bonds. The molecule has 0 bridgehead atoms. The fourth-order valence-corrected chi connectivity index (χ4v) is 1.97. The van der Waals surface area contributed by atoms with E-state index in [9.17, 15) is 0 Å². The molecule has 2 aromatic carbocycles. The monoisotopic (exact) mass is 285 g/mol. The van der Waals surface area contributed by atoms with E-state index in [0.717, 1.165) is 31.9 Å². The molecule has 0 aliphatic rings. The molecule has 0 unspecified atom stereocenters. The summed E-state index contributed by atoms with van der Waals surface area (Å²) in [6, 6.07) is 20.2. The van der Waals surface area contributed by atoms with E-state index in [2.05, 4.69) is 29.6 Å². The van der Waals surface area contributed by atoms with Crippen molar-refractivity contribution in [3.63, 3.8) is 0 Å². The zero-order chi connectivity index (χ0) is 14.6. The van der Waals surface area contributed by atoms with Crippen molar-refractivity contribution in [3.8, 4) is 5.75 Å². The lowest BCUT2D eigenvalue weighted by Crippen LogP contribution is -2.17. The maximum absolute atomic E-state index is 5.55. The molecule has 3 nitrogen and oxygen atoms in total. The van der Waals surface area contributed by atoms with Gasteiger partial charge in [-0.3, -0.25) is 0 Å². The molecule has 112 valence electrons. The van der Waals surface area contributed by atoms with E-state index in [-0.39, 0.29) is 0 Å². The van der Waals surface area contributed by atoms with Crippen LogP contribution in [-0.4, -0.2) is 26.4 Å². The minimum Gasteiger partial charge on any atom is -0.491 e. The first-order chi connectivity index (χ1) is 10.4. The van der Waals surface area contributed by atoms with Crippen LogP contribution in [0.5, 0.6) is 5.75 Å². The van der Waals surface area contributed by atoms with Crippen molar-refractivity contribution >= 4 is 0 Å². The first-order valence-corrected chi connectivity index (χ1v) is 7.45. The molecule has 0 saturated heterocycles. The molecule has 0 fully saturated rings. The Morgan fingerprint density at radius 1 is 0.762 bits per heavy atom. The number of benzene rings is 2. The second-order valence-electron chi connectivity index (χ2n) is 4.79. The molecule has 2 rings (SSSR count). The zero-order valence-electron chi connectivity index (χ0n) is 12.3. The van der Waals surface area contributed by atoms with Crippen molar-refractivity contribution < 1.29 is 9.47 Å². The van der Waals surface area contributed by atoms with E-state index < -0.39 is 0 Å². The highest BCUT2D eigenvalue weighted by molar-refractivity contribution is 5.20. The maximum Gasteiger partial charge on any atom is 0.119 e. The average molecular weight is 285 g/mol. The predicted octanol–water partition coefficient (Wildman–Crippen LogP) is 3.26. The first-order valence-electron chi connectivity index (χ1n) is 7.45. The smallest absolute Gasteiger partial charge is 0.119 e. The van der Waals surface area contributed by atoms with Gasteiger partial charge in [0, 0.05) is 13.2 Å². The van der Waals surface area contributed by atoms with Crippen LogP contribution >= 0.6 is 0 Å². The molecule has 1 N–H and O–H groups in total. The van der Waals surface area contributed by atoms with E-state index in [1.165, 1.54) is 5.56 Å². The van der Waals surface area contributed by atoms with E-state index in [0.29, 0.717) is 13.2 Å². The normalized spacial score (nSPS) is 10.5. The molecule has 0 spiro atoms. The molecule has 2 aromatic rings. The van der Waals surface area contributed by atoms with E-state index in [1.54, 1.807) is 0 Å². The molecule has 0 aromatic heterocycles. The van der Waals surface area contributed by atoms with Crippen LogP contribution in [0.2, 0.25) is 0 Å². The first kappa shape index (κ1) is 15.5. The van der Waals surface area contributed by atoms with Gasteiger partial charge in [0.15, 0.2) is 0 Å². The molecular formula is C18H23NO2. The summed E-state index contributed by atoms with van der Waals surface area (Å²) >= 11 is 0. The summed E-state index contributed by atoms with van der Waals surface area (Å²) in [5, 5.41) is 3.41. The Hall–Kier alpha value is -1.84. The van der Waals surface area contributed by atoms with Gasteiger partial charge in [-0.05, 0) is 30.7 Å². The van der Waals surface area contributed by atoms with Crippen LogP contribution in [-0.2, 0) is 11.3 Å². The van der Waals surface area contributed by atoms with Gasteiger partial charge in [-0.1, -0.05) is 48.5 Å². The SMILES string of the molecule is c1ccc(CNCCCOCCOc2ccccc2)cc1. The molecule has 0 heterocycles. The summed E-state index contributed by atoms with van der Waals surface area (Å²) in [4.78, 5) is 0. The molecule has 21 heavy (non-hydrogen) atoms. The van der Waals surface area contributed by atoms with E-state index in [1.807, 2.05) is 36.4 Å². The second-order valence-corrected chi connectivity index (χ2v) is 4.79. The largest absolute Gasteiger partial charge is 0.491 e. The Balaban J connectivity index is 1.40. The number of nitrogens with one attached hydrogen (secondary N) is 1. The zero-order valence-corrected chi connectivity index (χ0v) is 12.3. The van der Waals surface area contributed by atoms with Crippen molar-refractivity contribution in [1.29, 1.82) is 0 Å². The topological polar surface area (TPSA) is 30.5 Å². The summed E-state index contributed by atoms with van der Waals surface area (Å²) in [6.45, 7) is 3.88. The molecule has 0 radical (unpaired) electrons. The van der Waals surface area contributed by atoms with Gasteiger partial charge in [0.05, 0.1) is 6.61 Å². The lowest BCUT2D eigenvalue weighted by atomic mass is 10.2. The summed E-state index contributed by atoms with van der Waals surface area (Å²) in [6.07, 6.45) is 1.01. The fourth-order valence-electron chi connectivity index (χ4n) is 1.97. The number of hydrogen-bond acceptors (Lipinski definition) is 3. The predicted molar refractivity (Wildman–Crippen MR) is 85.5 cm³/mol. The standard InChI is InChI=1S/C18H23NO2/c1-3-8-17(9-4-1)16-19-12-7-13-20-14-15-21-18-10-5-2-6-11-18/h1-6,8-11,19H,7,12-16H2. The second kappa shape index (κ2) is 9.97. The van der Waals surface area contributed by atoms with Crippen LogP contribution in [0.15, 0.2) is 60.7 Å². The number of hydrogen-bond donors (Lipinski definition) is 1. The van der Waals surface area contributed by atoms with Crippen molar-refractivity contribution in [2.75, 3.05) is 26.4 Å². The number of ether oxygens (including phenoxy) is 2. The third-order valence-electron chi connectivity index (χ3n) is 3.05. The summed E-state index contributed by atoms with van der Waals surface area (Å²) in [7, 11) is 0. The minimum absolute atomic E-state index is 0.599. The molecular weight excluding hydrogens is 262 g/mol. The van der Waals surface area contributed by atoms with Crippen molar-refractivity contribution in [2.24, 2.45) is 0 Å². The lowest BCUT2D eigenvalue weighted by molar-refractivity contribution is 0.0983. The summed E-state index contributed by atoms with van der Waals surface area (Å²) in [5.74, 6) is 0.894. The van der Waals surface area contributed by atoms with Crippen molar-refractivity contribution in [3.05, 3.63) is 66.2 Å². The van der Waals surface area contributed by atoms with Gasteiger partial charge in [0.1, 0.15) is 12.4 Å². The summed E-state index contributed by atoms with van der Waals surface area (Å²) in [5.41, 5.74) is 1.31. The Morgan fingerprint density at radius 2 is 1.48 bits per heavy atom. The van der Waals surface area contributed by atoms with Gasteiger partial charge < -0.3 is 14.8 Å². The highest BCUT2D eigenvalue weighted by Crippen LogP contribution is 2.07. The van der Waals surface area contributed by atoms with Crippen LogP contribution in [0.1, 0.15) is 12.0 Å². The molecule has 0 atom stereocenters. The fraction of sp³-hybridized carbons (Fsp3) is 0.333. The maximum atomic E-state index is 5.55. The van der Waals surface area contributed by atoms with E-state index >= 15 is 0 Å². The highest BCUT2D eigenvalue weighted by atomic mass is 16.5. The van der Waals surface area contributed by atoms with Crippen LogP contribution in [0.4, 0.5) is 0 Å². The Morgan fingerprint density at radius 3 is 2.24 bits per heavy atom. The third-order valence-corrected chi connectivity index (χ3v) is 3.05. The molecule has 0 aliphatic heterocycles. The minimum atomic E-state index is 0.599. The Labute approximate surface area is 126 Å². The van der Waals surface area contributed by atoms with Crippen LogP contribution in [0.25, 0.3) is 0 Å². The number of rotatable bonds is 10. The average Bonchev–Trinajstić information content (AvgIpc) is 2.55. The third kappa shape index (κ3) is 6.93. The Bertz CT molecular complexity index is 428. The van der Waals surface area contributed by atoms with Gasteiger partial charge >= 0.3 is 0 Å². The summed E-state index contributed by atoms with van der Waals surface area (Å²) < 4.78 is 11.1. The quantitative estimate of drug-likeness (QED) is 0.680. The molecule has 0 aliphatic carbocycles. The van der Waals surface area contributed by atoms with Gasteiger partial charge in [-0.15, -0.1) is 0 Å². The van der Waals surface area contributed by atoms with Gasteiger partial charge in [-0.25, -0.2) is 0 Å². The van der Waals surface area contributed by atoms with Gasteiger partial charge in [0.2, 0.25) is 0 Å². The lowest BCUT2D eigenvalue weighted by Gasteiger charge is -2.07. The van der Waals surface area contributed by atoms with Crippen LogP contribution < -0.4 is 10.1 Å². The van der Waals surface area contributed by atoms with Crippen LogP contribution in [0.3, 0.4) is 0 Å². The van der Waals surface area contributed by atoms with E-state index in [4.69, 9.17) is 9.47 Å². The van der Waals surface area contributed by atoms with Crippen molar-refractivity contribution in [1.82, 2.24) is 5.32 Å². The van der Waals surface area contributed by atoms with Gasteiger partial charge in [-0.2, -0.15) is 0 Å². The van der Waals surface area contributed by atoms with Crippen molar-refractivity contribution in [2.45, 2.75) is 13.0 Å². The number of para-hydroxylation sites is 1. The Kier molecular flexibility index (Phi) is 7.38. The van der Waals surface area contributed by atoms with Crippen LogP contribution in [0, 0.1) is 0 Å². The highest BCUT2D eigenvalue weighted by Gasteiger charge is 1.94. The molecule has 3 heteroatoms. The van der Waals surface area contributed by atoms with Gasteiger partial charge in [0.25, 0.3) is 0 Å². The molecule has 0 saturated carbocycles.